The number of nitrogens with zero attached hydrogens (tertiary/aromatic N) is 2. The van der Waals surface area contributed by atoms with Gasteiger partial charge in [0.15, 0.2) is 0 Å². The summed E-state index contributed by atoms with van der Waals surface area (Å²) in [5, 5.41) is 3.50. The highest BCUT2D eigenvalue weighted by molar-refractivity contribution is 5.78. The Hall–Kier alpha value is -1.64. The van der Waals surface area contributed by atoms with Crippen molar-refractivity contribution in [1.82, 2.24) is 9.97 Å². The maximum atomic E-state index is 4.30. The van der Waals surface area contributed by atoms with Crippen molar-refractivity contribution < 1.29 is 0 Å². The van der Waals surface area contributed by atoms with Crippen LogP contribution in [-0.2, 0) is 0 Å². The molecule has 1 N–H and O–H groups in total. The molecule has 0 unspecified atom stereocenters. The molecule has 1 aromatic carbocycles. The Bertz CT molecular complexity index is 463. The van der Waals surface area contributed by atoms with E-state index in [2.05, 4.69) is 41.3 Å². The Labute approximate surface area is 95.9 Å². The standard InChI is InChI=1S/C13H17N3/c1-3-10(4-2)16-11-5-6-12-13(9-11)15-8-7-14-12/h5-10,16H,3-4H2,1-2H3. The molecule has 0 saturated carbocycles. The van der Waals surface area contributed by atoms with Crippen LogP contribution in [0.1, 0.15) is 26.7 Å². The fourth-order valence-electron chi connectivity index (χ4n) is 1.78. The fraction of sp³-hybridized carbons (Fsp3) is 0.385. The first-order valence-corrected chi connectivity index (χ1v) is 5.80. The van der Waals surface area contributed by atoms with Crippen molar-refractivity contribution in [3.63, 3.8) is 0 Å². The van der Waals surface area contributed by atoms with Gasteiger partial charge in [-0.25, -0.2) is 0 Å². The van der Waals surface area contributed by atoms with Crippen LogP contribution in [0.25, 0.3) is 11.0 Å². The summed E-state index contributed by atoms with van der Waals surface area (Å²) in [7, 11) is 0. The zero-order valence-electron chi connectivity index (χ0n) is 9.77. The lowest BCUT2D eigenvalue weighted by molar-refractivity contribution is 0.672. The average Bonchev–Trinajstić information content (AvgIpc) is 2.35. The SMILES string of the molecule is CCC(CC)Nc1ccc2nccnc2c1. The first-order chi connectivity index (χ1) is 7.83. The third-order valence-corrected chi connectivity index (χ3v) is 2.83. The lowest BCUT2D eigenvalue weighted by Crippen LogP contribution is -2.16. The zero-order valence-corrected chi connectivity index (χ0v) is 9.77. The minimum absolute atomic E-state index is 0.536. The van der Waals surface area contributed by atoms with E-state index in [9.17, 15) is 0 Å². The number of hydrogen-bond acceptors (Lipinski definition) is 3. The zero-order chi connectivity index (χ0) is 11.4. The molecule has 0 aliphatic carbocycles. The van der Waals surface area contributed by atoms with E-state index in [-0.39, 0.29) is 0 Å². The van der Waals surface area contributed by atoms with Crippen LogP contribution in [0.15, 0.2) is 30.6 Å². The van der Waals surface area contributed by atoms with Crippen LogP contribution in [0.3, 0.4) is 0 Å². The highest BCUT2D eigenvalue weighted by Gasteiger charge is 2.03. The summed E-state index contributed by atoms with van der Waals surface area (Å²) < 4.78 is 0. The van der Waals surface area contributed by atoms with Gasteiger partial charge in [0.1, 0.15) is 0 Å². The second-order valence-electron chi connectivity index (χ2n) is 3.92. The highest BCUT2D eigenvalue weighted by Crippen LogP contribution is 2.17. The Morgan fingerprint density at radius 2 is 1.75 bits per heavy atom. The molecule has 0 amide bonds. The number of aromatic nitrogens is 2. The fourth-order valence-corrected chi connectivity index (χ4v) is 1.78. The monoisotopic (exact) mass is 215 g/mol. The average molecular weight is 215 g/mol. The molecule has 2 aromatic rings. The van der Waals surface area contributed by atoms with Gasteiger partial charge in [0.2, 0.25) is 0 Å². The van der Waals surface area contributed by atoms with E-state index in [1.165, 1.54) is 0 Å². The van der Waals surface area contributed by atoms with Gasteiger partial charge in [0, 0.05) is 24.1 Å². The van der Waals surface area contributed by atoms with Gasteiger partial charge in [-0.2, -0.15) is 0 Å². The molecule has 0 spiro atoms. The topological polar surface area (TPSA) is 37.8 Å². The quantitative estimate of drug-likeness (QED) is 0.850. The van der Waals surface area contributed by atoms with E-state index >= 15 is 0 Å². The Morgan fingerprint density at radius 1 is 1.06 bits per heavy atom. The van der Waals surface area contributed by atoms with E-state index in [1.807, 2.05) is 6.07 Å². The third-order valence-electron chi connectivity index (χ3n) is 2.83. The summed E-state index contributed by atoms with van der Waals surface area (Å²) in [6.45, 7) is 4.39. The van der Waals surface area contributed by atoms with Gasteiger partial charge >= 0.3 is 0 Å². The number of anilines is 1. The molecule has 84 valence electrons. The minimum atomic E-state index is 0.536. The molecule has 0 fully saturated rings. The van der Waals surface area contributed by atoms with E-state index in [4.69, 9.17) is 0 Å². The summed E-state index contributed by atoms with van der Waals surface area (Å²) in [6, 6.07) is 6.66. The molecule has 2 rings (SSSR count). The van der Waals surface area contributed by atoms with E-state index in [0.29, 0.717) is 6.04 Å². The second-order valence-corrected chi connectivity index (χ2v) is 3.92. The van der Waals surface area contributed by atoms with Crippen LogP contribution < -0.4 is 5.32 Å². The largest absolute Gasteiger partial charge is 0.382 e. The minimum Gasteiger partial charge on any atom is -0.382 e. The predicted molar refractivity (Wildman–Crippen MR) is 67.5 cm³/mol. The smallest absolute Gasteiger partial charge is 0.0907 e. The maximum absolute atomic E-state index is 4.30. The van der Waals surface area contributed by atoms with Gasteiger partial charge in [-0.05, 0) is 31.0 Å². The second kappa shape index (κ2) is 4.92. The molecule has 1 heterocycles. The van der Waals surface area contributed by atoms with Gasteiger partial charge < -0.3 is 5.32 Å². The summed E-state index contributed by atoms with van der Waals surface area (Å²) in [6.07, 6.45) is 5.71. The van der Waals surface area contributed by atoms with E-state index in [1.54, 1.807) is 12.4 Å². The van der Waals surface area contributed by atoms with E-state index < -0.39 is 0 Å². The van der Waals surface area contributed by atoms with Gasteiger partial charge in [-0.1, -0.05) is 13.8 Å². The van der Waals surface area contributed by atoms with Crippen LogP contribution in [0.2, 0.25) is 0 Å². The Morgan fingerprint density at radius 3 is 2.44 bits per heavy atom. The first-order valence-electron chi connectivity index (χ1n) is 5.80. The van der Waals surface area contributed by atoms with Gasteiger partial charge in [0.05, 0.1) is 11.0 Å². The van der Waals surface area contributed by atoms with Crippen molar-refractivity contribution in [3.05, 3.63) is 30.6 Å². The van der Waals surface area contributed by atoms with Crippen molar-refractivity contribution in [3.8, 4) is 0 Å². The molecule has 3 heteroatoms. The van der Waals surface area contributed by atoms with Gasteiger partial charge in [0.25, 0.3) is 0 Å². The van der Waals surface area contributed by atoms with Crippen LogP contribution in [0.4, 0.5) is 5.69 Å². The first kappa shape index (κ1) is 10.9. The highest BCUT2D eigenvalue weighted by atomic mass is 14.9. The molecule has 0 bridgehead atoms. The summed E-state index contributed by atoms with van der Waals surface area (Å²) in [4.78, 5) is 8.55. The molecular formula is C13H17N3. The number of fused-ring (bicyclic) bond motifs is 1. The van der Waals surface area contributed by atoms with E-state index in [0.717, 1.165) is 29.6 Å². The molecule has 0 atom stereocenters. The van der Waals surface area contributed by atoms with Crippen molar-refractivity contribution in [2.45, 2.75) is 32.7 Å². The molecule has 0 saturated heterocycles. The number of nitrogens with one attached hydrogen (secondary N) is 1. The number of rotatable bonds is 4. The van der Waals surface area contributed by atoms with Crippen LogP contribution in [-0.4, -0.2) is 16.0 Å². The van der Waals surface area contributed by atoms with Crippen molar-refractivity contribution in [1.29, 1.82) is 0 Å². The van der Waals surface area contributed by atoms with Crippen molar-refractivity contribution in [2.75, 3.05) is 5.32 Å². The van der Waals surface area contributed by atoms with Crippen molar-refractivity contribution in [2.24, 2.45) is 0 Å². The molecule has 0 aliphatic heterocycles. The maximum Gasteiger partial charge on any atom is 0.0907 e. The predicted octanol–water partition coefficient (Wildman–Crippen LogP) is 3.23. The lowest BCUT2D eigenvalue weighted by atomic mass is 10.1. The van der Waals surface area contributed by atoms with Crippen molar-refractivity contribution >= 4 is 16.7 Å². The van der Waals surface area contributed by atoms with Gasteiger partial charge in [-0.15, -0.1) is 0 Å². The summed E-state index contributed by atoms with van der Waals surface area (Å²) in [5.41, 5.74) is 3.01. The van der Waals surface area contributed by atoms with Crippen LogP contribution >= 0.6 is 0 Å². The number of hydrogen-bond donors (Lipinski definition) is 1. The molecular weight excluding hydrogens is 198 g/mol. The molecule has 0 radical (unpaired) electrons. The number of benzene rings is 1. The normalized spacial score (nSPS) is 10.9. The van der Waals surface area contributed by atoms with Crippen LogP contribution in [0.5, 0.6) is 0 Å². The Balaban J connectivity index is 2.25. The molecule has 0 aliphatic rings. The molecule has 16 heavy (non-hydrogen) atoms. The van der Waals surface area contributed by atoms with Gasteiger partial charge in [-0.3, -0.25) is 9.97 Å². The summed E-state index contributed by atoms with van der Waals surface area (Å²) >= 11 is 0. The Kier molecular flexibility index (Phi) is 3.34. The van der Waals surface area contributed by atoms with Crippen LogP contribution in [0, 0.1) is 0 Å². The molecule has 1 aromatic heterocycles. The summed E-state index contributed by atoms with van der Waals surface area (Å²) in [5.74, 6) is 0. The lowest BCUT2D eigenvalue weighted by Gasteiger charge is -2.16. The third kappa shape index (κ3) is 2.30. The molecule has 3 nitrogen and oxygen atoms in total.